The summed E-state index contributed by atoms with van der Waals surface area (Å²) >= 11 is 0. The summed E-state index contributed by atoms with van der Waals surface area (Å²) in [6.07, 6.45) is 3.63. The Labute approximate surface area is 148 Å². The molecule has 1 saturated carbocycles. The summed E-state index contributed by atoms with van der Waals surface area (Å²) in [4.78, 5) is 11.8. The Morgan fingerprint density at radius 1 is 1.12 bits per heavy atom. The average Bonchev–Trinajstić information content (AvgIpc) is 2.55. The van der Waals surface area contributed by atoms with E-state index in [0.717, 1.165) is 19.3 Å². The fraction of sp³-hybridized carbons (Fsp3) is 0.533. The minimum absolute atomic E-state index is 0.0488. The molecule has 2 rings (SSSR count). The monoisotopic (exact) mass is 390 g/mol. The Morgan fingerprint density at radius 2 is 1.76 bits per heavy atom. The van der Waals surface area contributed by atoms with E-state index in [2.05, 4.69) is 5.32 Å². The van der Waals surface area contributed by atoms with Crippen molar-refractivity contribution >= 4 is 31.9 Å². The number of rotatable bonds is 6. The fourth-order valence-electron chi connectivity index (χ4n) is 2.74. The van der Waals surface area contributed by atoms with Gasteiger partial charge in [-0.2, -0.15) is 8.42 Å². The van der Waals surface area contributed by atoms with E-state index in [4.69, 9.17) is 4.18 Å². The van der Waals surface area contributed by atoms with Crippen LogP contribution in [-0.2, 0) is 24.3 Å². The lowest BCUT2D eigenvalue weighted by Gasteiger charge is -2.22. The van der Waals surface area contributed by atoms with Crippen molar-refractivity contribution in [2.45, 2.75) is 49.2 Å². The van der Waals surface area contributed by atoms with Crippen LogP contribution in [0.25, 0.3) is 0 Å². The van der Waals surface area contributed by atoms with Crippen LogP contribution in [0.2, 0.25) is 0 Å². The van der Waals surface area contributed by atoms with Crippen LogP contribution in [0.3, 0.4) is 0 Å². The van der Waals surface area contributed by atoms with Crippen LogP contribution in [0.1, 0.15) is 39.0 Å². The molecule has 0 saturated heterocycles. The van der Waals surface area contributed by atoms with Crippen molar-refractivity contribution in [1.29, 1.82) is 0 Å². The van der Waals surface area contributed by atoms with Gasteiger partial charge in [0, 0.05) is 0 Å². The normalized spacial score (nSPS) is 16.4. The van der Waals surface area contributed by atoms with Crippen molar-refractivity contribution in [1.82, 2.24) is 4.72 Å². The molecule has 0 heterocycles. The van der Waals surface area contributed by atoms with E-state index < -0.39 is 31.4 Å². The molecule has 0 bridgehead atoms. The van der Waals surface area contributed by atoms with E-state index in [-0.39, 0.29) is 17.2 Å². The van der Waals surface area contributed by atoms with Crippen LogP contribution in [0.5, 0.6) is 0 Å². The molecule has 1 aliphatic rings. The molecule has 0 spiro atoms. The van der Waals surface area contributed by atoms with E-state index in [9.17, 15) is 21.6 Å². The van der Waals surface area contributed by atoms with Gasteiger partial charge in [-0.15, -0.1) is 0 Å². The SMILES string of the molecule is CCOS(=O)(=O)c1ccccc1NC(=O)NS(=O)(=O)C1CCCCC1. The average molecular weight is 390 g/mol. The van der Waals surface area contributed by atoms with E-state index >= 15 is 0 Å². The van der Waals surface area contributed by atoms with Crippen LogP contribution in [0, 0.1) is 0 Å². The van der Waals surface area contributed by atoms with Crippen molar-refractivity contribution in [2.24, 2.45) is 0 Å². The van der Waals surface area contributed by atoms with Crippen LogP contribution in [0.4, 0.5) is 10.5 Å². The second-order valence-corrected chi connectivity index (χ2v) is 9.26. The lowest BCUT2D eigenvalue weighted by molar-refractivity contribution is 0.256. The molecule has 2 N–H and O–H groups in total. The minimum atomic E-state index is -4.04. The Hall–Kier alpha value is -1.65. The molecule has 10 heteroatoms. The maximum Gasteiger partial charge on any atom is 0.332 e. The highest BCUT2D eigenvalue weighted by Crippen LogP contribution is 2.24. The van der Waals surface area contributed by atoms with Gasteiger partial charge in [0.05, 0.1) is 17.5 Å². The Bertz CT molecular complexity index is 814. The van der Waals surface area contributed by atoms with Crippen molar-refractivity contribution < 1.29 is 25.8 Å². The van der Waals surface area contributed by atoms with E-state index in [1.807, 2.05) is 4.72 Å². The van der Waals surface area contributed by atoms with Gasteiger partial charge in [-0.3, -0.25) is 4.18 Å². The summed E-state index contributed by atoms with van der Waals surface area (Å²) in [6, 6.07) is 4.64. The van der Waals surface area contributed by atoms with Gasteiger partial charge in [-0.05, 0) is 31.9 Å². The second kappa shape index (κ2) is 8.15. The lowest BCUT2D eigenvalue weighted by atomic mass is 10.0. The number of sulfonamides is 1. The molecule has 8 nitrogen and oxygen atoms in total. The van der Waals surface area contributed by atoms with Gasteiger partial charge in [-0.1, -0.05) is 31.4 Å². The highest BCUT2D eigenvalue weighted by molar-refractivity contribution is 7.90. The number of carbonyl (C=O) groups excluding carboxylic acids is 1. The van der Waals surface area contributed by atoms with Gasteiger partial charge in [0.2, 0.25) is 10.0 Å². The quantitative estimate of drug-likeness (QED) is 0.719. The fourth-order valence-corrected chi connectivity index (χ4v) is 5.24. The van der Waals surface area contributed by atoms with Crippen molar-refractivity contribution in [3.63, 3.8) is 0 Å². The van der Waals surface area contributed by atoms with Crippen molar-refractivity contribution in [2.75, 3.05) is 11.9 Å². The molecule has 0 atom stereocenters. The zero-order valence-corrected chi connectivity index (χ0v) is 15.5. The molecule has 1 aliphatic carbocycles. The Kier molecular flexibility index (Phi) is 6.42. The number of para-hydroxylation sites is 1. The third kappa shape index (κ3) is 5.16. The Balaban J connectivity index is 2.13. The predicted molar refractivity (Wildman–Crippen MR) is 93.2 cm³/mol. The number of anilines is 1. The summed E-state index contributed by atoms with van der Waals surface area (Å²) in [7, 11) is -7.85. The molecular weight excluding hydrogens is 368 g/mol. The highest BCUT2D eigenvalue weighted by atomic mass is 32.2. The smallest absolute Gasteiger partial charge is 0.306 e. The maximum absolute atomic E-state index is 12.3. The van der Waals surface area contributed by atoms with Crippen LogP contribution in [0.15, 0.2) is 29.2 Å². The summed E-state index contributed by atoms with van der Waals surface area (Å²) in [5.74, 6) is 0. The summed E-state index contributed by atoms with van der Waals surface area (Å²) < 4.78 is 55.3. The number of urea groups is 1. The number of nitrogens with one attached hydrogen (secondary N) is 2. The van der Waals surface area contributed by atoms with E-state index in [0.29, 0.717) is 12.8 Å². The molecule has 25 heavy (non-hydrogen) atoms. The summed E-state index contributed by atoms with van der Waals surface area (Å²) in [6.45, 7) is 1.47. The first-order chi connectivity index (χ1) is 11.8. The summed E-state index contributed by atoms with van der Waals surface area (Å²) in [5.41, 5.74) is -0.0488. The lowest BCUT2D eigenvalue weighted by Crippen LogP contribution is -2.41. The largest absolute Gasteiger partial charge is 0.332 e. The van der Waals surface area contributed by atoms with E-state index in [1.165, 1.54) is 31.2 Å². The molecule has 140 valence electrons. The van der Waals surface area contributed by atoms with Crippen LogP contribution in [-0.4, -0.2) is 34.7 Å². The second-order valence-electron chi connectivity index (χ2n) is 5.72. The van der Waals surface area contributed by atoms with Crippen molar-refractivity contribution in [3.05, 3.63) is 24.3 Å². The van der Waals surface area contributed by atoms with Gasteiger partial charge in [0.1, 0.15) is 4.90 Å². The van der Waals surface area contributed by atoms with Crippen LogP contribution < -0.4 is 10.0 Å². The van der Waals surface area contributed by atoms with Gasteiger partial charge in [-0.25, -0.2) is 17.9 Å². The van der Waals surface area contributed by atoms with Gasteiger partial charge in [0.25, 0.3) is 10.1 Å². The highest BCUT2D eigenvalue weighted by Gasteiger charge is 2.29. The molecule has 1 aromatic rings. The zero-order valence-electron chi connectivity index (χ0n) is 13.9. The first-order valence-electron chi connectivity index (χ1n) is 8.07. The molecule has 1 aromatic carbocycles. The maximum atomic E-state index is 12.3. The standard InChI is InChI=1S/C15H22N2O6S2/c1-2-23-25(21,22)14-11-7-6-10-13(14)16-15(18)17-24(19,20)12-8-4-3-5-9-12/h6-7,10-12H,2-5,8-9H2,1H3,(H2,16,17,18). The molecule has 0 aromatic heterocycles. The summed E-state index contributed by atoms with van der Waals surface area (Å²) in [5, 5.41) is 1.68. The van der Waals surface area contributed by atoms with Crippen molar-refractivity contribution in [3.8, 4) is 0 Å². The van der Waals surface area contributed by atoms with Gasteiger partial charge < -0.3 is 5.32 Å². The third-order valence-electron chi connectivity index (χ3n) is 3.90. The van der Waals surface area contributed by atoms with E-state index in [1.54, 1.807) is 0 Å². The topological polar surface area (TPSA) is 119 Å². The first kappa shape index (κ1) is 19.7. The molecule has 1 fully saturated rings. The predicted octanol–water partition coefficient (Wildman–Crippen LogP) is 2.20. The van der Waals surface area contributed by atoms with Gasteiger partial charge >= 0.3 is 6.03 Å². The number of hydrogen-bond acceptors (Lipinski definition) is 6. The van der Waals surface area contributed by atoms with Gasteiger partial charge in [0.15, 0.2) is 0 Å². The van der Waals surface area contributed by atoms with Crippen LogP contribution >= 0.6 is 0 Å². The number of benzene rings is 1. The third-order valence-corrected chi connectivity index (χ3v) is 7.16. The number of amides is 2. The molecule has 0 unspecified atom stereocenters. The first-order valence-corrected chi connectivity index (χ1v) is 11.0. The number of hydrogen-bond donors (Lipinski definition) is 2. The molecule has 0 radical (unpaired) electrons. The Morgan fingerprint density at radius 3 is 2.40 bits per heavy atom. The zero-order chi connectivity index (χ0) is 18.5. The molecule has 2 amide bonds. The molecule has 0 aliphatic heterocycles. The minimum Gasteiger partial charge on any atom is -0.306 e. The number of carbonyl (C=O) groups is 1. The molecular formula is C15H22N2O6S2.